The lowest BCUT2D eigenvalue weighted by Crippen LogP contribution is -2.54. The zero-order valence-corrected chi connectivity index (χ0v) is 12.4. The van der Waals surface area contributed by atoms with E-state index < -0.39 is 0 Å². The van der Waals surface area contributed by atoms with Crippen LogP contribution in [0, 0.1) is 0 Å². The Bertz CT molecular complexity index is 464. The molecule has 1 aliphatic carbocycles. The van der Waals surface area contributed by atoms with Gasteiger partial charge in [-0.2, -0.15) is 0 Å². The second kappa shape index (κ2) is 4.32. The first kappa shape index (κ1) is 13.1. The molecule has 1 saturated heterocycles. The molecule has 1 aromatic carbocycles. The molecule has 19 heavy (non-hydrogen) atoms. The molecule has 0 aromatic heterocycles. The van der Waals surface area contributed by atoms with Gasteiger partial charge >= 0.3 is 0 Å². The molecule has 1 aromatic rings. The SMILES string of the molecule is CC(C)(C)N1CCC2(CC1)c1ccccc1C[C@H]2N. The van der Waals surface area contributed by atoms with E-state index in [9.17, 15) is 0 Å². The highest BCUT2D eigenvalue weighted by Gasteiger charge is 2.47. The summed E-state index contributed by atoms with van der Waals surface area (Å²) in [7, 11) is 0. The molecule has 1 atom stereocenters. The van der Waals surface area contributed by atoms with Gasteiger partial charge in [0.25, 0.3) is 0 Å². The lowest BCUT2D eigenvalue weighted by Gasteiger charge is -2.47. The van der Waals surface area contributed by atoms with Crippen molar-refractivity contribution in [2.24, 2.45) is 5.73 Å². The molecule has 104 valence electrons. The molecule has 1 heterocycles. The summed E-state index contributed by atoms with van der Waals surface area (Å²) in [6, 6.07) is 9.21. The van der Waals surface area contributed by atoms with Crippen molar-refractivity contribution in [3.05, 3.63) is 35.4 Å². The van der Waals surface area contributed by atoms with E-state index in [1.54, 1.807) is 0 Å². The quantitative estimate of drug-likeness (QED) is 0.775. The van der Waals surface area contributed by atoms with Crippen molar-refractivity contribution in [2.75, 3.05) is 13.1 Å². The lowest BCUT2D eigenvalue weighted by molar-refractivity contribution is 0.0689. The number of hydrogen-bond acceptors (Lipinski definition) is 2. The number of likely N-dealkylation sites (tertiary alicyclic amines) is 1. The Morgan fingerprint density at radius 1 is 1.16 bits per heavy atom. The third-order valence-corrected chi connectivity index (χ3v) is 5.31. The van der Waals surface area contributed by atoms with Crippen molar-refractivity contribution >= 4 is 0 Å². The first-order chi connectivity index (χ1) is 8.93. The number of rotatable bonds is 0. The zero-order chi connectivity index (χ0) is 13.7. The molecule has 1 spiro atoms. The lowest BCUT2D eigenvalue weighted by atomic mass is 9.71. The van der Waals surface area contributed by atoms with E-state index in [0.29, 0.717) is 6.04 Å². The Kier molecular flexibility index (Phi) is 2.99. The Labute approximate surface area is 117 Å². The molecule has 2 N–H and O–H groups in total. The number of nitrogens with zero attached hydrogens (tertiary/aromatic N) is 1. The van der Waals surface area contributed by atoms with Gasteiger partial charge in [0.05, 0.1) is 0 Å². The van der Waals surface area contributed by atoms with E-state index in [0.717, 1.165) is 6.42 Å². The van der Waals surface area contributed by atoms with Gasteiger partial charge in [0.2, 0.25) is 0 Å². The summed E-state index contributed by atoms with van der Waals surface area (Å²) in [5, 5.41) is 0. The predicted molar refractivity (Wildman–Crippen MR) is 80.4 cm³/mol. The van der Waals surface area contributed by atoms with Gasteiger partial charge in [-0.15, -0.1) is 0 Å². The van der Waals surface area contributed by atoms with Gasteiger partial charge in [-0.25, -0.2) is 0 Å². The maximum Gasteiger partial charge on any atom is 0.0178 e. The van der Waals surface area contributed by atoms with Gasteiger partial charge in [0.15, 0.2) is 0 Å². The van der Waals surface area contributed by atoms with Crippen molar-refractivity contribution in [1.29, 1.82) is 0 Å². The van der Waals surface area contributed by atoms with Gasteiger partial charge in [-0.1, -0.05) is 24.3 Å². The topological polar surface area (TPSA) is 29.3 Å². The molecule has 2 heteroatoms. The average molecular weight is 258 g/mol. The fourth-order valence-corrected chi connectivity index (χ4v) is 4.03. The fourth-order valence-electron chi connectivity index (χ4n) is 4.03. The summed E-state index contributed by atoms with van der Waals surface area (Å²) in [6.07, 6.45) is 3.48. The molecule has 0 radical (unpaired) electrons. The van der Waals surface area contributed by atoms with Gasteiger partial charge in [0.1, 0.15) is 0 Å². The third-order valence-electron chi connectivity index (χ3n) is 5.31. The summed E-state index contributed by atoms with van der Waals surface area (Å²) in [5.74, 6) is 0. The van der Waals surface area contributed by atoms with Crippen LogP contribution in [0.25, 0.3) is 0 Å². The van der Waals surface area contributed by atoms with Crippen LogP contribution in [-0.2, 0) is 11.8 Å². The first-order valence-corrected chi connectivity index (χ1v) is 7.52. The highest BCUT2D eigenvalue weighted by molar-refractivity contribution is 5.42. The summed E-state index contributed by atoms with van der Waals surface area (Å²) in [5.41, 5.74) is 10.1. The molecule has 0 saturated carbocycles. The molecule has 2 nitrogen and oxygen atoms in total. The smallest absolute Gasteiger partial charge is 0.0178 e. The Morgan fingerprint density at radius 2 is 1.79 bits per heavy atom. The highest BCUT2D eigenvalue weighted by Crippen LogP contribution is 2.46. The number of nitrogens with two attached hydrogens (primary N) is 1. The molecule has 0 amide bonds. The third kappa shape index (κ3) is 2.02. The van der Waals surface area contributed by atoms with Gasteiger partial charge in [-0.3, -0.25) is 4.90 Å². The Balaban J connectivity index is 1.87. The second-order valence-corrected chi connectivity index (χ2v) is 7.28. The minimum Gasteiger partial charge on any atom is -0.327 e. The number of benzene rings is 1. The van der Waals surface area contributed by atoms with Crippen LogP contribution in [0.15, 0.2) is 24.3 Å². The van der Waals surface area contributed by atoms with Crippen molar-refractivity contribution in [1.82, 2.24) is 4.90 Å². The second-order valence-electron chi connectivity index (χ2n) is 7.28. The molecule has 0 bridgehead atoms. The average Bonchev–Trinajstić information content (AvgIpc) is 2.63. The number of piperidine rings is 1. The van der Waals surface area contributed by atoms with Crippen LogP contribution < -0.4 is 5.73 Å². The Morgan fingerprint density at radius 3 is 2.42 bits per heavy atom. The zero-order valence-electron chi connectivity index (χ0n) is 12.4. The number of fused-ring (bicyclic) bond motifs is 2. The van der Waals surface area contributed by atoms with Crippen LogP contribution in [-0.4, -0.2) is 29.6 Å². The molecule has 3 rings (SSSR count). The minimum atomic E-state index is 0.248. The molecule has 2 aliphatic rings. The fraction of sp³-hybridized carbons (Fsp3) is 0.647. The van der Waals surface area contributed by atoms with Crippen LogP contribution in [0.1, 0.15) is 44.7 Å². The van der Waals surface area contributed by atoms with E-state index >= 15 is 0 Å². The van der Waals surface area contributed by atoms with Crippen LogP contribution >= 0.6 is 0 Å². The van der Waals surface area contributed by atoms with E-state index in [-0.39, 0.29) is 11.0 Å². The van der Waals surface area contributed by atoms with Crippen molar-refractivity contribution in [2.45, 2.75) is 57.0 Å². The van der Waals surface area contributed by atoms with E-state index in [1.807, 2.05) is 0 Å². The van der Waals surface area contributed by atoms with Crippen LogP contribution in [0.5, 0.6) is 0 Å². The van der Waals surface area contributed by atoms with Crippen LogP contribution in [0.2, 0.25) is 0 Å². The maximum atomic E-state index is 6.53. The van der Waals surface area contributed by atoms with Gasteiger partial charge < -0.3 is 5.73 Å². The summed E-state index contributed by atoms with van der Waals surface area (Å²) < 4.78 is 0. The number of hydrogen-bond donors (Lipinski definition) is 1. The molecular formula is C17H26N2. The molecule has 0 unspecified atom stereocenters. The summed E-state index contributed by atoms with van der Waals surface area (Å²) in [4.78, 5) is 2.60. The van der Waals surface area contributed by atoms with Crippen molar-refractivity contribution in [3.8, 4) is 0 Å². The summed E-state index contributed by atoms with van der Waals surface area (Å²) in [6.45, 7) is 9.28. The largest absolute Gasteiger partial charge is 0.327 e. The molecule has 1 fully saturated rings. The molecule has 1 aliphatic heterocycles. The predicted octanol–water partition coefficient (Wildman–Crippen LogP) is 2.70. The standard InChI is InChI=1S/C17H26N2/c1-16(2,3)19-10-8-17(9-11-19)14-7-5-4-6-13(14)12-15(17)18/h4-7,15H,8-12,18H2,1-3H3/t15-/m1/s1. The van der Waals surface area contributed by atoms with Crippen LogP contribution in [0.4, 0.5) is 0 Å². The van der Waals surface area contributed by atoms with Crippen molar-refractivity contribution < 1.29 is 0 Å². The first-order valence-electron chi connectivity index (χ1n) is 7.52. The van der Waals surface area contributed by atoms with Gasteiger partial charge in [-0.05, 0) is 64.3 Å². The monoisotopic (exact) mass is 258 g/mol. The maximum absolute atomic E-state index is 6.53. The van der Waals surface area contributed by atoms with Crippen LogP contribution in [0.3, 0.4) is 0 Å². The van der Waals surface area contributed by atoms with E-state index in [4.69, 9.17) is 5.73 Å². The normalized spacial score (nSPS) is 26.6. The van der Waals surface area contributed by atoms with E-state index in [1.165, 1.54) is 37.1 Å². The Hall–Kier alpha value is -0.860. The van der Waals surface area contributed by atoms with E-state index in [2.05, 4.69) is 49.9 Å². The highest BCUT2D eigenvalue weighted by atomic mass is 15.2. The summed E-state index contributed by atoms with van der Waals surface area (Å²) >= 11 is 0. The molecular weight excluding hydrogens is 232 g/mol. The van der Waals surface area contributed by atoms with Crippen molar-refractivity contribution in [3.63, 3.8) is 0 Å². The minimum absolute atomic E-state index is 0.248. The van der Waals surface area contributed by atoms with Gasteiger partial charge in [0, 0.05) is 17.0 Å².